The van der Waals surface area contributed by atoms with Gasteiger partial charge in [0.25, 0.3) is 5.92 Å². The molecule has 3 aromatic rings. The first-order chi connectivity index (χ1) is 17.7. The Morgan fingerprint density at radius 3 is 2.62 bits per heavy atom. The Hall–Kier alpha value is -2.62. The van der Waals surface area contributed by atoms with Crippen LogP contribution >= 0.6 is 0 Å². The number of benzene rings is 2. The van der Waals surface area contributed by atoms with Gasteiger partial charge in [-0.05, 0) is 62.2 Å². The second-order valence-corrected chi connectivity index (χ2v) is 10.5. The van der Waals surface area contributed by atoms with Crippen LogP contribution in [0.25, 0.3) is 10.9 Å². The number of hydrogen-bond donors (Lipinski definition) is 3. The number of anilines is 1. The molecule has 2 aromatic carbocycles. The van der Waals surface area contributed by atoms with Gasteiger partial charge in [0.15, 0.2) is 0 Å². The number of nitrogens with zero attached hydrogens (tertiary/aromatic N) is 2. The monoisotopic (exact) mass is 518 g/mol. The molecule has 0 radical (unpaired) electrons. The highest BCUT2D eigenvalue weighted by atomic mass is 19.3. The lowest BCUT2D eigenvalue weighted by molar-refractivity contribution is -0.0866. The van der Waals surface area contributed by atoms with E-state index in [9.17, 15) is 18.3 Å². The molecule has 0 spiro atoms. The summed E-state index contributed by atoms with van der Waals surface area (Å²) in [5.41, 5.74) is 2.97. The van der Waals surface area contributed by atoms with Crippen molar-refractivity contribution in [1.29, 1.82) is 0 Å². The van der Waals surface area contributed by atoms with E-state index in [0.717, 1.165) is 38.0 Å². The molecule has 2 unspecified atom stereocenters. The molecule has 0 saturated carbocycles. The number of hydrogen-bond acceptors (Lipinski definition) is 4. The van der Waals surface area contributed by atoms with Crippen LogP contribution in [0.15, 0.2) is 36.4 Å². The number of halogens is 4. The first kappa shape index (κ1) is 26.0. The van der Waals surface area contributed by atoms with E-state index in [1.807, 2.05) is 0 Å². The number of unbranched alkanes of at least 4 members (excludes halogenated alkanes) is 1. The van der Waals surface area contributed by atoms with E-state index in [-0.39, 0.29) is 11.6 Å². The number of H-pyrrole nitrogens is 1. The van der Waals surface area contributed by atoms with Crippen molar-refractivity contribution in [1.82, 2.24) is 14.8 Å². The van der Waals surface area contributed by atoms with Crippen molar-refractivity contribution in [2.75, 3.05) is 38.1 Å². The molecule has 5 nitrogen and oxygen atoms in total. The van der Waals surface area contributed by atoms with Crippen LogP contribution in [-0.2, 0) is 6.42 Å². The van der Waals surface area contributed by atoms with Crippen molar-refractivity contribution in [2.24, 2.45) is 0 Å². The highest BCUT2D eigenvalue weighted by molar-refractivity contribution is 5.85. The van der Waals surface area contributed by atoms with Gasteiger partial charge in [-0.2, -0.15) is 0 Å². The fourth-order valence-corrected chi connectivity index (χ4v) is 5.73. The molecule has 0 amide bonds. The molecule has 2 aliphatic rings. The van der Waals surface area contributed by atoms with Crippen LogP contribution < -0.4 is 5.32 Å². The Balaban J connectivity index is 1.47. The van der Waals surface area contributed by atoms with E-state index in [1.165, 1.54) is 23.1 Å². The number of aromatic nitrogens is 1. The molecule has 9 heteroatoms. The molecule has 200 valence electrons. The molecule has 1 fully saturated rings. The number of aliphatic hydroxyl groups excluding tert-OH is 1. The lowest BCUT2D eigenvalue weighted by Crippen LogP contribution is -2.54. The summed E-state index contributed by atoms with van der Waals surface area (Å²) in [6, 6.07) is 8.25. The standard InChI is InChI=1S/C28H34F4N4O/c1-3-4-9-35-13-20(14-35)33-19-6-7-21(24(30)12-19)27-26-23(22-11-18(29)5-8-25(22)34-26)10-17(2)36(27)15-28(31,32)16-37/h5-8,11-12,17,20,27,33-34,37H,3-4,9-10,13-16H2,1-2H3. The zero-order valence-electron chi connectivity index (χ0n) is 21.2. The highest BCUT2D eigenvalue weighted by Gasteiger charge is 2.42. The van der Waals surface area contributed by atoms with Gasteiger partial charge in [0.05, 0.1) is 18.6 Å². The van der Waals surface area contributed by atoms with Gasteiger partial charge < -0.3 is 15.4 Å². The zero-order valence-corrected chi connectivity index (χ0v) is 21.2. The van der Waals surface area contributed by atoms with Gasteiger partial charge in [-0.1, -0.05) is 19.4 Å². The fraction of sp³-hybridized carbons (Fsp3) is 0.500. The van der Waals surface area contributed by atoms with Crippen molar-refractivity contribution in [3.05, 3.63) is 64.9 Å². The highest BCUT2D eigenvalue weighted by Crippen LogP contribution is 2.43. The summed E-state index contributed by atoms with van der Waals surface area (Å²) >= 11 is 0. The third-order valence-corrected chi connectivity index (χ3v) is 7.67. The topological polar surface area (TPSA) is 54.5 Å². The van der Waals surface area contributed by atoms with Gasteiger partial charge in [-0.25, -0.2) is 17.6 Å². The number of alkyl halides is 2. The summed E-state index contributed by atoms with van der Waals surface area (Å²) in [6.07, 6.45) is 2.70. The summed E-state index contributed by atoms with van der Waals surface area (Å²) in [6.45, 7) is 4.81. The molecular formula is C28H34F4N4O. The van der Waals surface area contributed by atoms with Crippen LogP contribution in [0.2, 0.25) is 0 Å². The maximum absolute atomic E-state index is 15.7. The summed E-state index contributed by atoms with van der Waals surface area (Å²) in [5, 5.41) is 13.3. The number of nitrogens with one attached hydrogen (secondary N) is 2. The SMILES string of the molecule is CCCCN1CC(Nc2ccc(C3c4[nH]c5ccc(F)cc5c4CC(C)N3CC(F)(F)CO)c(F)c2)C1. The quantitative estimate of drug-likeness (QED) is 0.336. The van der Waals surface area contributed by atoms with Crippen LogP contribution in [0.5, 0.6) is 0 Å². The van der Waals surface area contributed by atoms with Gasteiger partial charge in [-0.15, -0.1) is 0 Å². The van der Waals surface area contributed by atoms with E-state index >= 15 is 4.39 Å². The zero-order chi connectivity index (χ0) is 26.3. The Kier molecular flexibility index (Phi) is 7.22. The average molecular weight is 519 g/mol. The van der Waals surface area contributed by atoms with Crippen LogP contribution in [0.3, 0.4) is 0 Å². The number of likely N-dealkylation sites (tertiary alicyclic amines) is 1. The first-order valence-corrected chi connectivity index (χ1v) is 13.0. The smallest absolute Gasteiger partial charge is 0.283 e. The van der Waals surface area contributed by atoms with Crippen molar-refractivity contribution in [2.45, 2.75) is 57.2 Å². The number of fused-ring (bicyclic) bond motifs is 3. The van der Waals surface area contributed by atoms with E-state index in [2.05, 4.69) is 22.1 Å². The van der Waals surface area contributed by atoms with E-state index in [0.29, 0.717) is 28.7 Å². The van der Waals surface area contributed by atoms with Crippen molar-refractivity contribution < 1.29 is 22.7 Å². The Bertz CT molecular complexity index is 1260. The lowest BCUT2D eigenvalue weighted by atomic mass is 9.88. The maximum Gasteiger partial charge on any atom is 0.283 e. The summed E-state index contributed by atoms with van der Waals surface area (Å²) < 4.78 is 58.6. The van der Waals surface area contributed by atoms with Gasteiger partial charge in [0.2, 0.25) is 0 Å². The second-order valence-electron chi connectivity index (χ2n) is 10.5. The molecule has 1 aromatic heterocycles. The molecule has 2 atom stereocenters. The Labute approximate surface area is 214 Å². The molecule has 5 rings (SSSR count). The van der Waals surface area contributed by atoms with Crippen LogP contribution in [0.1, 0.15) is 49.6 Å². The van der Waals surface area contributed by atoms with Gasteiger partial charge in [0.1, 0.15) is 18.2 Å². The number of aromatic amines is 1. The molecule has 0 aliphatic carbocycles. The minimum atomic E-state index is -3.35. The summed E-state index contributed by atoms with van der Waals surface area (Å²) in [4.78, 5) is 7.15. The fourth-order valence-electron chi connectivity index (χ4n) is 5.73. The summed E-state index contributed by atoms with van der Waals surface area (Å²) in [5.74, 6) is -4.24. The van der Waals surface area contributed by atoms with Crippen molar-refractivity contribution in [3.63, 3.8) is 0 Å². The van der Waals surface area contributed by atoms with E-state index < -0.39 is 42.8 Å². The minimum absolute atomic E-state index is 0.242. The molecule has 3 N–H and O–H groups in total. The van der Waals surface area contributed by atoms with Crippen LogP contribution in [-0.4, -0.2) is 70.7 Å². The molecule has 2 aliphatic heterocycles. The number of aliphatic hydroxyl groups is 1. The van der Waals surface area contributed by atoms with Gasteiger partial charge in [-0.3, -0.25) is 9.80 Å². The summed E-state index contributed by atoms with van der Waals surface area (Å²) in [7, 11) is 0. The van der Waals surface area contributed by atoms with Crippen LogP contribution in [0, 0.1) is 11.6 Å². The first-order valence-electron chi connectivity index (χ1n) is 13.0. The van der Waals surface area contributed by atoms with Gasteiger partial charge in [0, 0.05) is 47.0 Å². The van der Waals surface area contributed by atoms with E-state index in [4.69, 9.17) is 0 Å². The van der Waals surface area contributed by atoms with E-state index in [1.54, 1.807) is 25.1 Å². The Morgan fingerprint density at radius 1 is 1.14 bits per heavy atom. The Morgan fingerprint density at radius 2 is 1.92 bits per heavy atom. The number of rotatable bonds is 9. The third kappa shape index (κ3) is 5.22. The molecule has 1 saturated heterocycles. The minimum Gasteiger partial charge on any atom is -0.390 e. The third-order valence-electron chi connectivity index (χ3n) is 7.67. The maximum atomic E-state index is 15.7. The molecule has 3 heterocycles. The average Bonchev–Trinajstić information content (AvgIpc) is 3.18. The largest absolute Gasteiger partial charge is 0.390 e. The van der Waals surface area contributed by atoms with Crippen molar-refractivity contribution >= 4 is 16.6 Å². The second kappa shape index (κ2) is 10.3. The molecule has 0 bridgehead atoms. The normalized spacial score (nSPS) is 21.3. The molecule has 37 heavy (non-hydrogen) atoms. The van der Waals surface area contributed by atoms with Gasteiger partial charge >= 0.3 is 0 Å². The van der Waals surface area contributed by atoms with Crippen molar-refractivity contribution in [3.8, 4) is 0 Å². The predicted octanol–water partition coefficient (Wildman–Crippen LogP) is 5.31. The molecular weight excluding hydrogens is 484 g/mol. The van der Waals surface area contributed by atoms with Crippen LogP contribution in [0.4, 0.5) is 23.2 Å². The lowest BCUT2D eigenvalue weighted by Gasteiger charge is -2.42. The predicted molar refractivity (Wildman–Crippen MR) is 137 cm³/mol.